The number of hydrogen-bond donors (Lipinski definition) is 0. The standard InChI is InChI=1S/C22H24F3O7S/c1-3-21(4-2)29-13-20(32-21)19(26)14-33(27,28)18-11-9-16(10-12-18)30-15-5-7-17(8-6-15)31-22(23,24)25/h5-12,19-20H,3-4,13-14H2,1-2H3/t19-,20+/m1/s1. The second-order valence-electron chi connectivity index (χ2n) is 7.50. The molecule has 0 saturated carbocycles. The molecule has 3 rings (SSSR count). The highest BCUT2D eigenvalue weighted by atomic mass is 32.2. The fourth-order valence-electron chi connectivity index (χ4n) is 3.36. The van der Waals surface area contributed by atoms with Crippen LogP contribution in [0.2, 0.25) is 0 Å². The van der Waals surface area contributed by atoms with Crippen LogP contribution < -0.4 is 9.47 Å². The topological polar surface area (TPSA) is 91.0 Å². The van der Waals surface area contributed by atoms with E-state index in [-0.39, 0.29) is 23.0 Å². The predicted octanol–water partition coefficient (Wildman–Crippen LogP) is 4.88. The molecular formula is C22H24F3O7S. The van der Waals surface area contributed by atoms with E-state index in [2.05, 4.69) is 4.74 Å². The van der Waals surface area contributed by atoms with Crippen LogP contribution in [0.25, 0.3) is 0 Å². The zero-order chi connectivity index (χ0) is 24.3. The molecule has 1 heterocycles. The maximum atomic E-state index is 12.7. The van der Waals surface area contributed by atoms with Gasteiger partial charge in [0.25, 0.3) is 0 Å². The van der Waals surface area contributed by atoms with Gasteiger partial charge in [0.1, 0.15) is 29.5 Å². The van der Waals surface area contributed by atoms with Crippen LogP contribution in [-0.2, 0) is 24.4 Å². The van der Waals surface area contributed by atoms with E-state index in [0.29, 0.717) is 12.8 Å². The Labute approximate surface area is 190 Å². The zero-order valence-electron chi connectivity index (χ0n) is 18.0. The first-order valence-corrected chi connectivity index (χ1v) is 11.9. The molecule has 1 saturated heterocycles. The van der Waals surface area contributed by atoms with Crippen molar-refractivity contribution in [1.82, 2.24) is 0 Å². The van der Waals surface area contributed by atoms with Gasteiger partial charge in [0, 0.05) is 0 Å². The van der Waals surface area contributed by atoms with E-state index in [1.807, 2.05) is 13.8 Å². The number of benzene rings is 2. The summed E-state index contributed by atoms with van der Waals surface area (Å²) < 4.78 is 82.6. The van der Waals surface area contributed by atoms with E-state index in [1.54, 1.807) is 0 Å². The molecule has 2 atom stereocenters. The molecule has 0 aromatic heterocycles. The van der Waals surface area contributed by atoms with Crippen molar-refractivity contribution >= 4 is 9.84 Å². The summed E-state index contributed by atoms with van der Waals surface area (Å²) >= 11 is 0. The monoisotopic (exact) mass is 489 g/mol. The molecule has 1 radical (unpaired) electrons. The molecule has 33 heavy (non-hydrogen) atoms. The molecule has 11 heteroatoms. The third-order valence-electron chi connectivity index (χ3n) is 5.23. The van der Waals surface area contributed by atoms with Crippen LogP contribution in [0.3, 0.4) is 0 Å². The zero-order valence-corrected chi connectivity index (χ0v) is 18.8. The van der Waals surface area contributed by atoms with Gasteiger partial charge in [0.15, 0.2) is 15.6 Å². The van der Waals surface area contributed by atoms with Crippen molar-refractivity contribution in [2.45, 2.75) is 55.9 Å². The van der Waals surface area contributed by atoms with Crippen molar-refractivity contribution in [2.24, 2.45) is 0 Å². The van der Waals surface area contributed by atoms with Crippen molar-refractivity contribution in [3.05, 3.63) is 48.5 Å². The van der Waals surface area contributed by atoms with Crippen LogP contribution in [0.1, 0.15) is 26.7 Å². The van der Waals surface area contributed by atoms with Crippen molar-refractivity contribution in [3.63, 3.8) is 0 Å². The lowest BCUT2D eigenvalue weighted by Crippen LogP contribution is -2.36. The highest BCUT2D eigenvalue weighted by Gasteiger charge is 2.43. The molecule has 0 N–H and O–H groups in total. The average Bonchev–Trinajstić information content (AvgIpc) is 3.20. The Bertz CT molecular complexity index is 1020. The first-order chi connectivity index (χ1) is 15.5. The number of ether oxygens (including phenoxy) is 4. The predicted molar refractivity (Wildman–Crippen MR) is 110 cm³/mol. The van der Waals surface area contributed by atoms with E-state index >= 15 is 0 Å². The lowest BCUT2D eigenvalue weighted by atomic mass is 10.1. The van der Waals surface area contributed by atoms with Gasteiger partial charge in [-0.1, -0.05) is 13.8 Å². The fourth-order valence-corrected chi connectivity index (χ4v) is 4.75. The van der Waals surface area contributed by atoms with Crippen molar-refractivity contribution < 1.29 is 45.6 Å². The summed E-state index contributed by atoms with van der Waals surface area (Å²) in [5, 5.41) is 12.6. The lowest BCUT2D eigenvalue weighted by Gasteiger charge is -2.25. The normalized spacial score (nSPS) is 19.3. The Balaban J connectivity index is 1.61. The Morgan fingerprint density at radius 2 is 1.52 bits per heavy atom. The number of rotatable bonds is 9. The molecular weight excluding hydrogens is 465 g/mol. The maximum Gasteiger partial charge on any atom is 0.573 e. The van der Waals surface area contributed by atoms with E-state index in [1.165, 1.54) is 36.4 Å². The van der Waals surface area contributed by atoms with Gasteiger partial charge in [-0.15, -0.1) is 13.2 Å². The van der Waals surface area contributed by atoms with Gasteiger partial charge in [-0.2, -0.15) is 0 Å². The molecule has 0 spiro atoms. The molecule has 0 bridgehead atoms. The maximum absolute atomic E-state index is 12.7. The molecule has 0 aliphatic carbocycles. The lowest BCUT2D eigenvalue weighted by molar-refractivity contribution is -0.274. The first kappa shape index (κ1) is 25.3. The van der Waals surface area contributed by atoms with Gasteiger partial charge in [0.2, 0.25) is 0 Å². The third-order valence-corrected chi connectivity index (χ3v) is 6.99. The van der Waals surface area contributed by atoms with Crippen LogP contribution in [0.4, 0.5) is 13.2 Å². The smallest absolute Gasteiger partial charge is 0.457 e. The second kappa shape index (κ2) is 9.88. The molecule has 1 fully saturated rings. The Hall–Kier alpha value is -2.34. The van der Waals surface area contributed by atoms with Crippen molar-refractivity contribution in [3.8, 4) is 17.2 Å². The molecule has 181 valence electrons. The van der Waals surface area contributed by atoms with Crippen LogP contribution in [0.5, 0.6) is 17.2 Å². The summed E-state index contributed by atoms with van der Waals surface area (Å²) in [5.74, 6) is -1.39. The van der Waals surface area contributed by atoms with Crippen LogP contribution in [-0.4, -0.2) is 45.1 Å². The van der Waals surface area contributed by atoms with Crippen molar-refractivity contribution in [1.29, 1.82) is 0 Å². The number of hydrogen-bond acceptors (Lipinski definition) is 6. The van der Waals surface area contributed by atoms with Gasteiger partial charge in [-0.25, -0.2) is 13.5 Å². The summed E-state index contributed by atoms with van der Waals surface area (Å²) in [6, 6.07) is 10.1. The number of alkyl halides is 3. The number of halogens is 3. The first-order valence-electron chi connectivity index (χ1n) is 10.3. The number of sulfone groups is 1. The van der Waals surface area contributed by atoms with Gasteiger partial charge in [-0.3, -0.25) is 0 Å². The van der Waals surface area contributed by atoms with E-state index in [4.69, 9.17) is 14.2 Å². The van der Waals surface area contributed by atoms with Gasteiger partial charge in [0.05, 0.1) is 17.3 Å². The third kappa shape index (κ3) is 6.59. The molecule has 0 unspecified atom stereocenters. The molecule has 1 aliphatic heterocycles. The van der Waals surface area contributed by atoms with Crippen LogP contribution >= 0.6 is 0 Å². The van der Waals surface area contributed by atoms with Crippen LogP contribution in [0.15, 0.2) is 53.4 Å². The molecule has 2 aromatic carbocycles. The van der Waals surface area contributed by atoms with E-state index in [0.717, 1.165) is 12.1 Å². The quantitative estimate of drug-likeness (QED) is 0.499. The minimum absolute atomic E-state index is 0.0466. The second-order valence-corrected chi connectivity index (χ2v) is 9.53. The largest absolute Gasteiger partial charge is 0.573 e. The van der Waals surface area contributed by atoms with Crippen LogP contribution in [0, 0.1) is 0 Å². The average molecular weight is 489 g/mol. The Morgan fingerprint density at radius 3 is 2.00 bits per heavy atom. The summed E-state index contributed by atoms with van der Waals surface area (Å²) in [7, 11) is -3.89. The molecule has 0 amide bonds. The minimum atomic E-state index is -4.79. The van der Waals surface area contributed by atoms with E-state index < -0.39 is 45.7 Å². The van der Waals surface area contributed by atoms with Gasteiger partial charge < -0.3 is 18.9 Å². The highest BCUT2D eigenvalue weighted by molar-refractivity contribution is 7.91. The Kier molecular flexibility index (Phi) is 7.57. The van der Waals surface area contributed by atoms with Gasteiger partial charge >= 0.3 is 6.36 Å². The summed E-state index contributed by atoms with van der Waals surface area (Å²) in [6.45, 7) is 3.79. The summed E-state index contributed by atoms with van der Waals surface area (Å²) in [4.78, 5) is -0.0548. The van der Waals surface area contributed by atoms with E-state index in [9.17, 15) is 26.7 Å². The highest BCUT2D eigenvalue weighted by Crippen LogP contribution is 2.32. The molecule has 2 aromatic rings. The Morgan fingerprint density at radius 1 is 1.00 bits per heavy atom. The molecule has 1 aliphatic rings. The SMILES string of the molecule is CCC1(CC)OC[C@@H]([C@H]([O])CS(=O)(=O)c2ccc(Oc3ccc(OC(F)(F)F)cc3)cc2)O1. The summed E-state index contributed by atoms with van der Waals surface area (Å²) in [6.07, 6.45) is -6.05. The summed E-state index contributed by atoms with van der Waals surface area (Å²) in [5.41, 5.74) is 0. The molecule has 7 nitrogen and oxygen atoms in total. The van der Waals surface area contributed by atoms with Gasteiger partial charge in [-0.05, 0) is 61.4 Å². The van der Waals surface area contributed by atoms with Crippen molar-refractivity contribution in [2.75, 3.05) is 12.4 Å². The minimum Gasteiger partial charge on any atom is -0.457 e. The fraction of sp³-hybridized carbons (Fsp3) is 0.455.